The van der Waals surface area contributed by atoms with Crippen LogP contribution in [-0.2, 0) is 11.3 Å². The van der Waals surface area contributed by atoms with Crippen molar-refractivity contribution in [2.45, 2.75) is 49.7 Å². The van der Waals surface area contributed by atoms with Crippen molar-refractivity contribution < 1.29 is 4.79 Å². The first-order valence-corrected chi connectivity index (χ1v) is 9.00. The first-order chi connectivity index (χ1) is 11.1. The third-order valence-corrected chi connectivity index (χ3v) is 5.01. The van der Waals surface area contributed by atoms with Gasteiger partial charge in [-0.25, -0.2) is 0 Å². The molecule has 3 rings (SSSR count). The number of hydrogen-bond donors (Lipinski definition) is 1. The minimum atomic E-state index is -0.197. The standard InChI is InChI=1S/C16H19ClN4OS/c1-3-21-14(11-5-4-6-12(17)9-11)19-20-16(21)23-10(2)15(22)18-13-7-8-13/h4-6,9-10,13H,3,7-8H2,1-2H3,(H,18,22)/t10-/m0/s1. The molecule has 1 aliphatic carbocycles. The molecule has 1 atom stereocenters. The van der Waals surface area contributed by atoms with E-state index in [1.807, 2.05) is 42.7 Å². The molecule has 2 aromatic rings. The van der Waals surface area contributed by atoms with Crippen molar-refractivity contribution in [1.82, 2.24) is 20.1 Å². The van der Waals surface area contributed by atoms with Crippen molar-refractivity contribution >= 4 is 29.3 Å². The zero-order valence-electron chi connectivity index (χ0n) is 13.1. The second-order valence-corrected chi connectivity index (χ2v) is 7.35. The fourth-order valence-electron chi connectivity index (χ4n) is 2.26. The Morgan fingerprint density at radius 3 is 2.91 bits per heavy atom. The molecule has 0 aliphatic heterocycles. The maximum absolute atomic E-state index is 12.1. The minimum absolute atomic E-state index is 0.0625. The van der Waals surface area contributed by atoms with Crippen LogP contribution in [0.4, 0.5) is 0 Å². The molecule has 122 valence electrons. The normalized spacial score (nSPS) is 15.4. The van der Waals surface area contributed by atoms with E-state index in [4.69, 9.17) is 11.6 Å². The van der Waals surface area contributed by atoms with E-state index in [0.29, 0.717) is 11.1 Å². The highest BCUT2D eigenvalue weighted by atomic mass is 35.5. The summed E-state index contributed by atoms with van der Waals surface area (Å²) >= 11 is 7.50. The summed E-state index contributed by atoms with van der Waals surface area (Å²) in [5.74, 6) is 0.833. The Bertz CT molecular complexity index is 714. The van der Waals surface area contributed by atoms with Crippen molar-refractivity contribution in [2.75, 3.05) is 0 Å². The Balaban J connectivity index is 1.79. The summed E-state index contributed by atoms with van der Waals surface area (Å²) in [6, 6.07) is 7.93. The van der Waals surface area contributed by atoms with Gasteiger partial charge in [-0.1, -0.05) is 35.5 Å². The van der Waals surface area contributed by atoms with Gasteiger partial charge in [-0.2, -0.15) is 0 Å². The Morgan fingerprint density at radius 2 is 2.26 bits per heavy atom. The maximum atomic E-state index is 12.1. The van der Waals surface area contributed by atoms with Crippen molar-refractivity contribution in [3.8, 4) is 11.4 Å². The van der Waals surface area contributed by atoms with Gasteiger partial charge in [-0.15, -0.1) is 10.2 Å². The Labute approximate surface area is 144 Å². The molecule has 1 aromatic carbocycles. The van der Waals surface area contributed by atoms with Crippen molar-refractivity contribution in [2.24, 2.45) is 0 Å². The molecule has 5 nitrogen and oxygen atoms in total. The second-order valence-electron chi connectivity index (χ2n) is 5.60. The van der Waals surface area contributed by atoms with Crippen LogP contribution >= 0.6 is 23.4 Å². The van der Waals surface area contributed by atoms with E-state index < -0.39 is 0 Å². The predicted octanol–water partition coefficient (Wildman–Crippen LogP) is 3.38. The van der Waals surface area contributed by atoms with Crippen LogP contribution in [0.25, 0.3) is 11.4 Å². The highest BCUT2D eigenvalue weighted by Crippen LogP contribution is 2.28. The molecule has 0 unspecified atom stereocenters. The number of carbonyl (C=O) groups is 1. The zero-order chi connectivity index (χ0) is 16.4. The maximum Gasteiger partial charge on any atom is 0.233 e. The molecule has 1 saturated carbocycles. The number of thioether (sulfide) groups is 1. The van der Waals surface area contributed by atoms with E-state index >= 15 is 0 Å². The summed E-state index contributed by atoms with van der Waals surface area (Å²) in [6.45, 7) is 4.67. The molecule has 1 heterocycles. The van der Waals surface area contributed by atoms with Crippen LogP contribution in [-0.4, -0.2) is 32.0 Å². The number of amides is 1. The minimum Gasteiger partial charge on any atom is -0.352 e. The van der Waals surface area contributed by atoms with E-state index in [9.17, 15) is 4.79 Å². The summed E-state index contributed by atoms with van der Waals surface area (Å²) in [5, 5.41) is 12.8. The third kappa shape index (κ3) is 3.87. The summed E-state index contributed by atoms with van der Waals surface area (Å²) in [4.78, 5) is 12.1. The van der Waals surface area contributed by atoms with Gasteiger partial charge in [0.2, 0.25) is 5.91 Å². The van der Waals surface area contributed by atoms with E-state index in [-0.39, 0.29) is 11.2 Å². The SMILES string of the molecule is CCn1c(S[C@@H](C)C(=O)NC2CC2)nnc1-c1cccc(Cl)c1. The number of rotatable bonds is 6. The molecule has 1 aromatic heterocycles. The fraction of sp³-hybridized carbons (Fsp3) is 0.438. The molecule has 23 heavy (non-hydrogen) atoms. The van der Waals surface area contributed by atoms with Gasteiger partial charge in [0.25, 0.3) is 0 Å². The van der Waals surface area contributed by atoms with Crippen LogP contribution in [0.2, 0.25) is 5.02 Å². The first-order valence-electron chi connectivity index (χ1n) is 7.74. The van der Waals surface area contributed by atoms with Gasteiger partial charge in [-0.3, -0.25) is 4.79 Å². The van der Waals surface area contributed by atoms with E-state index in [0.717, 1.165) is 35.9 Å². The smallest absolute Gasteiger partial charge is 0.233 e. The predicted molar refractivity (Wildman–Crippen MR) is 92.6 cm³/mol. The topological polar surface area (TPSA) is 59.8 Å². The van der Waals surface area contributed by atoms with Crippen molar-refractivity contribution in [3.05, 3.63) is 29.3 Å². The number of nitrogens with zero attached hydrogens (tertiary/aromatic N) is 3. The van der Waals surface area contributed by atoms with E-state index in [1.54, 1.807) is 0 Å². The van der Waals surface area contributed by atoms with Crippen LogP contribution in [0.5, 0.6) is 0 Å². The molecular weight excluding hydrogens is 332 g/mol. The van der Waals surface area contributed by atoms with Gasteiger partial charge in [0.05, 0.1) is 5.25 Å². The molecule has 1 aliphatic rings. The second kappa shape index (κ2) is 6.93. The molecule has 0 saturated heterocycles. The Hall–Kier alpha value is -1.53. The van der Waals surface area contributed by atoms with Crippen molar-refractivity contribution in [3.63, 3.8) is 0 Å². The number of nitrogens with one attached hydrogen (secondary N) is 1. The number of halogens is 1. The summed E-state index contributed by atoms with van der Waals surface area (Å²) < 4.78 is 2.01. The lowest BCUT2D eigenvalue weighted by molar-refractivity contribution is -0.120. The van der Waals surface area contributed by atoms with E-state index in [2.05, 4.69) is 15.5 Å². The van der Waals surface area contributed by atoms with Gasteiger partial charge in [0.15, 0.2) is 11.0 Å². The number of carbonyl (C=O) groups excluding carboxylic acids is 1. The van der Waals surface area contributed by atoms with Crippen LogP contribution in [0.3, 0.4) is 0 Å². The number of benzene rings is 1. The quantitative estimate of drug-likeness (QED) is 0.811. The van der Waals surface area contributed by atoms with Gasteiger partial charge in [-0.05, 0) is 38.8 Å². The highest BCUT2D eigenvalue weighted by Gasteiger charge is 2.27. The average molecular weight is 351 g/mol. The fourth-order valence-corrected chi connectivity index (χ4v) is 3.37. The molecule has 1 amide bonds. The van der Waals surface area contributed by atoms with Gasteiger partial charge >= 0.3 is 0 Å². The summed E-state index contributed by atoms with van der Waals surface area (Å²) in [6.07, 6.45) is 2.18. The Kier molecular flexibility index (Phi) is 4.92. The largest absolute Gasteiger partial charge is 0.352 e. The van der Waals surface area contributed by atoms with Crippen molar-refractivity contribution in [1.29, 1.82) is 0 Å². The molecule has 7 heteroatoms. The first kappa shape index (κ1) is 16.3. The van der Waals surface area contributed by atoms with Crippen LogP contribution in [0.15, 0.2) is 29.4 Å². The summed E-state index contributed by atoms with van der Waals surface area (Å²) in [5.41, 5.74) is 0.925. The monoisotopic (exact) mass is 350 g/mol. The molecule has 1 fully saturated rings. The summed E-state index contributed by atoms with van der Waals surface area (Å²) in [7, 11) is 0. The molecule has 0 spiro atoms. The third-order valence-electron chi connectivity index (χ3n) is 3.69. The average Bonchev–Trinajstić information content (AvgIpc) is 3.25. The van der Waals surface area contributed by atoms with E-state index in [1.165, 1.54) is 11.8 Å². The molecular formula is C16H19ClN4OS. The lowest BCUT2D eigenvalue weighted by atomic mass is 10.2. The number of hydrogen-bond acceptors (Lipinski definition) is 4. The Morgan fingerprint density at radius 1 is 1.48 bits per heavy atom. The molecule has 0 radical (unpaired) electrons. The van der Waals surface area contributed by atoms with Gasteiger partial charge in [0.1, 0.15) is 0 Å². The van der Waals surface area contributed by atoms with Crippen LogP contribution < -0.4 is 5.32 Å². The number of aromatic nitrogens is 3. The lowest BCUT2D eigenvalue weighted by Gasteiger charge is -2.12. The lowest BCUT2D eigenvalue weighted by Crippen LogP contribution is -2.32. The highest BCUT2D eigenvalue weighted by molar-refractivity contribution is 8.00. The van der Waals surface area contributed by atoms with Gasteiger partial charge < -0.3 is 9.88 Å². The molecule has 0 bridgehead atoms. The molecule has 1 N–H and O–H groups in total. The van der Waals surface area contributed by atoms with Gasteiger partial charge in [0, 0.05) is 23.2 Å². The van der Waals surface area contributed by atoms with Crippen LogP contribution in [0.1, 0.15) is 26.7 Å². The van der Waals surface area contributed by atoms with Crippen LogP contribution in [0, 0.1) is 0 Å². The zero-order valence-corrected chi connectivity index (χ0v) is 14.7.